The highest BCUT2D eigenvalue weighted by atomic mass is 15.2. The molecule has 1 unspecified atom stereocenters. The minimum absolute atomic E-state index is 0.173. The molecule has 0 amide bonds. The molecule has 0 radical (unpaired) electrons. The van der Waals surface area contributed by atoms with Crippen LogP contribution in [0.25, 0.3) is 0 Å². The Morgan fingerprint density at radius 1 is 1.50 bits per heavy atom. The minimum Gasteiger partial charge on any atom is -0.394 e. The van der Waals surface area contributed by atoms with Crippen LogP contribution in [0.4, 0.5) is 11.5 Å². The Labute approximate surface area is 58.6 Å². The van der Waals surface area contributed by atoms with E-state index in [1.54, 1.807) is 6.92 Å². The quantitative estimate of drug-likeness (QED) is 0.426. The third kappa shape index (κ3) is 0.906. The first kappa shape index (κ1) is 6.88. The van der Waals surface area contributed by atoms with E-state index in [-0.39, 0.29) is 6.04 Å². The standard InChI is InChI=1S/C5H11N5/c1-2(6)4-3(7)5(8)10-9-4/h2H,6-7H2,1H3,(H3,8,9,10). The van der Waals surface area contributed by atoms with Crippen LogP contribution in [0.15, 0.2) is 0 Å². The Balaban J connectivity index is 3.05. The first-order valence-electron chi connectivity index (χ1n) is 2.97. The Kier molecular flexibility index (Phi) is 1.50. The zero-order valence-electron chi connectivity index (χ0n) is 5.76. The smallest absolute Gasteiger partial charge is 0.142 e. The van der Waals surface area contributed by atoms with Gasteiger partial charge in [-0.15, -0.1) is 0 Å². The van der Waals surface area contributed by atoms with Gasteiger partial charge in [0.15, 0.2) is 0 Å². The number of rotatable bonds is 1. The molecule has 0 saturated carbocycles. The average molecular weight is 141 g/mol. The Hall–Kier alpha value is -1.23. The van der Waals surface area contributed by atoms with Gasteiger partial charge in [0.1, 0.15) is 11.5 Å². The number of nitrogens with zero attached hydrogens (tertiary/aromatic N) is 1. The van der Waals surface area contributed by atoms with Gasteiger partial charge >= 0.3 is 0 Å². The largest absolute Gasteiger partial charge is 0.394 e. The summed E-state index contributed by atoms with van der Waals surface area (Å²) in [6, 6.07) is -0.173. The van der Waals surface area contributed by atoms with Gasteiger partial charge in [-0.1, -0.05) is 0 Å². The molecule has 5 heteroatoms. The van der Waals surface area contributed by atoms with Gasteiger partial charge in [-0.3, -0.25) is 5.10 Å². The van der Waals surface area contributed by atoms with Gasteiger partial charge in [0.05, 0.1) is 5.69 Å². The molecule has 1 aromatic heterocycles. The lowest BCUT2D eigenvalue weighted by molar-refractivity contribution is 0.775. The molecular formula is C5H11N5. The van der Waals surface area contributed by atoms with Gasteiger partial charge < -0.3 is 17.2 Å². The maximum atomic E-state index is 5.51. The summed E-state index contributed by atoms with van der Waals surface area (Å²) in [6.45, 7) is 1.80. The van der Waals surface area contributed by atoms with Gasteiger partial charge in [-0.25, -0.2) is 0 Å². The highest BCUT2D eigenvalue weighted by Crippen LogP contribution is 2.19. The van der Waals surface area contributed by atoms with E-state index in [0.717, 1.165) is 0 Å². The number of H-pyrrole nitrogens is 1. The van der Waals surface area contributed by atoms with Crippen molar-refractivity contribution < 1.29 is 0 Å². The maximum Gasteiger partial charge on any atom is 0.142 e. The van der Waals surface area contributed by atoms with Gasteiger partial charge in [0.2, 0.25) is 0 Å². The molecule has 0 aromatic carbocycles. The first-order chi connectivity index (χ1) is 4.63. The number of nitrogen functional groups attached to an aromatic ring is 2. The fourth-order valence-electron chi connectivity index (χ4n) is 0.726. The summed E-state index contributed by atoms with van der Waals surface area (Å²) in [7, 11) is 0. The third-order valence-corrected chi connectivity index (χ3v) is 1.29. The van der Waals surface area contributed by atoms with Crippen molar-refractivity contribution in [2.45, 2.75) is 13.0 Å². The van der Waals surface area contributed by atoms with E-state index in [1.165, 1.54) is 0 Å². The number of aromatic amines is 1. The molecule has 0 aliphatic rings. The predicted octanol–water partition coefficient (Wildman–Crippen LogP) is -0.406. The Morgan fingerprint density at radius 2 is 2.10 bits per heavy atom. The second-order valence-corrected chi connectivity index (χ2v) is 2.22. The SMILES string of the molecule is CC(N)c1n[nH]c(N)c1N. The number of nitrogens with two attached hydrogens (primary N) is 3. The Morgan fingerprint density at radius 3 is 2.30 bits per heavy atom. The molecule has 0 aliphatic heterocycles. The monoisotopic (exact) mass is 141 g/mol. The molecule has 1 atom stereocenters. The van der Waals surface area contributed by atoms with E-state index in [9.17, 15) is 0 Å². The molecule has 1 aromatic rings. The summed E-state index contributed by atoms with van der Waals surface area (Å²) >= 11 is 0. The van der Waals surface area contributed by atoms with Crippen LogP contribution < -0.4 is 17.2 Å². The molecule has 7 N–H and O–H groups in total. The second kappa shape index (κ2) is 2.18. The van der Waals surface area contributed by atoms with Crippen molar-refractivity contribution in [3.8, 4) is 0 Å². The fourth-order valence-corrected chi connectivity index (χ4v) is 0.726. The van der Waals surface area contributed by atoms with E-state index in [2.05, 4.69) is 10.2 Å². The van der Waals surface area contributed by atoms with Crippen LogP contribution in [0.3, 0.4) is 0 Å². The predicted molar refractivity (Wildman–Crippen MR) is 40.0 cm³/mol. The average Bonchev–Trinajstić information content (AvgIpc) is 2.14. The van der Waals surface area contributed by atoms with E-state index in [1.807, 2.05) is 0 Å². The van der Waals surface area contributed by atoms with Gasteiger partial charge in [-0.05, 0) is 6.92 Å². The molecule has 0 aliphatic carbocycles. The van der Waals surface area contributed by atoms with Crippen molar-refractivity contribution >= 4 is 11.5 Å². The molecule has 56 valence electrons. The molecule has 0 spiro atoms. The summed E-state index contributed by atoms with van der Waals surface area (Å²) in [4.78, 5) is 0. The highest BCUT2D eigenvalue weighted by molar-refractivity contribution is 5.61. The second-order valence-electron chi connectivity index (χ2n) is 2.22. The van der Waals surface area contributed by atoms with E-state index < -0.39 is 0 Å². The van der Waals surface area contributed by atoms with Crippen molar-refractivity contribution in [3.63, 3.8) is 0 Å². The lowest BCUT2D eigenvalue weighted by Gasteiger charge is -1.99. The number of anilines is 2. The molecule has 5 nitrogen and oxygen atoms in total. The third-order valence-electron chi connectivity index (χ3n) is 1.29. The normalized spacial score (nSPS) is 13.4. The van der Waals surface area contributed by atoms with Crippen LogP contribution in [0.2, 0.25) is 0 Å². The summed E-state index contributed by atoms with van der Waals surface area (Å²) in [5.41, 5.74) is 17.5. The highest BCUT2D eigenvalue weighted by Gasteiger charge is 2.09. The van der Waals surface area contributed by atoms with E-state index >= 15 is 0 Å². The van der Waals surface area contributed by atoms with Crippen LogP contribution in [-0.2, 0) is 0 Å². The van der Waals surface area contributed by atoms with Crippen molar-refractivity contribution in [2.75, 3.05) is 11.5 Å². The Bertz CT molecular complexity index is 226. The lowest BCUT2D eigenvalue weighted by Crippen LogP contribution is -2.08. The maximum absolute atomic E-state index is 5.51. The van der Waals surface area contributed by atoms with Crippen molar-refractivity contribution in [1.29, 1.82) is 0 Å². The molecule has 0 bridgehead atoms. The molecular weight excluding hydrogens is 130 g/mol. The van der Waals surface area contributed by atoms with Crippen LogP contribution >= 0.6 is 0 Å². The van der Waals surface area contributed by atoms with Gasteiger partial charge in [0, 0.05) is 6.04 Å². The van der Waals surface area contributed by atoms with Crippen LogP contribution in [0, 0.1) is 0 Å². The number of hydrogen-bond acceptors (Lipinski definition) is 4. The number of hydrogen-bond donors (Lipinski definition) is 4. The van der Waals surface area contributed by atoms with Crippen LogP contribution in [0.1, 0.15) is 18.7 Å². The van der Waals surface area contributed by atoms with Crippen molar-refractivity contribution in [3.05, 3.63) is 5.69 Å². The fraction of sp³-hybridized carbons (Fsp3) is 0.400. The van der Waals surface area contributed by atoms with Crippen LogP contribution in [-0.4, -0.2) is 10.2 Å². The summed E-state index contributed by atoms with van der Waals surface area (Å²) < 4.78 is 0. The minimum atomic E-state index is -0.173. The van der Waals surface area contributed by atoms with Gasteiger partial charge in [0.25, 0.3) is 0 Å². The summed E-state index contributed by atoms with van der Waals surface area (Å²) in [6.07, 6.45) is 0. The molecule has 1 heterocycles. The van der Waals surface area contributed by atoms with Crippen molar-refractivity contribution in [2.24, 2.45) is 5.73 Å². The van der Waals surface area contributed by atoms with Crippen LogP contribution in [0.5, 0.6) is 0 Å². The molecule has 10 heavy (non-hydrogen) atoms. The van der Waals surface area contributed by atoms with E-state index in [0.29, 0.717) is 17.2 Å². The van der Waals surface area contributed by atoms with E-state index in [4.69, 9.17) is 17.2 Å². The number of aromatic nitrogens is 2. The molecule has 0 fully saturated rings. The zero-order valence-corrected chi connectivity index (χ0v) is 5.76. The number of nitrogens with one attached hydrogen (secondary N) is 1. The zero-order chi connectivity index (χ0) is 7.72. The topological polar surface area (TPSA) is 107 Å². The lowest BCUT2D eigenvalue weighted by atomic mass is 10.2. The van der Waals surface area contributed by atoms with Crippen molar-refractivity contribution in [1.82, 2.24) is 10.2 Å². The first-order valence-corrected chi connectivity index (χ1v) is 2.97. The molecule has 1 rings (SSSR count). The summed E-state index contributed by atoms with van der Waals surface area (Å²) in [5.74, 6) is 0.382. The molecule has 0 saturated heterocycles. The summed E-state index contributed by atoms with van der Waals surface area (Å²) in [5, 5.41) is 6.36. The van der Waals surface area contributed by atoms with Gasteiger partial charge in [-0.2, -0.15) is 5.10 Å².